The van der Waals surface area contributed by atoms with E-state index >= 15 is 0 Å². The normalized spacial score (nSPS) is 12.7. The van der Waals surface area contributed by atoms with Gasteiger partial charge in [-0.15, -0.1) is 0 Å². The minimum atomic E-state index is 0.0166. The van der Waals surface area contributed by atoms with Crippen molar-refractivity contribution in [3.63, 3.8) is 0 Å². The Morgan fingerprint density at radius 3 is 2.43 bits per heavy atom. The molecule has 0 radical (unpaired) electrons. The molecule has 4 heteroatoms. The summed E-state index contributed by atoms with van der Waals surface area (Å²) in [6.07, 6.45) is 0. The maximum atomic E-state index is 11.8. The van der Waals surface area contributed by atoms with Gasteiger partial charge in [0.25, 0.3) is 0 Å². The molecule has 0 saturated carbocycles. The van der Waals surface area contributed by atoms with E-state index in [2.05, 4.69) is 9.97 Å². The molecule has 0 saturated heterocycles. The zero-order valence-corrected chi connectivity index (χ0v) is 7.94. The number of carbonyl (C=O) groups excluding carboxylic acids is 1. The Bertz CT molecular complexity index is 594. The predicted octanol–water partition coefficient (Wildman–Crippen LogP) is 2.28. The van der Waals surface area contributed by atoms with Crippen LogP contribution in [0.2, 0.25) is 0 Å². The van der Waals surface area contributed by atoms with Crippen molar-refractivity contribution in [2.45, 2.75) is 0 Å². The highest BCUT2D eigenvalue weighted by molar-refractivity contribution is 7.71. The maximum absolute atomic E-state index is 11.8. The van der Waals surface area contributed by atoms with Gasteiger partial charge in [0.05, 0.1) is 5.69 Å². The van der Waals surface area contributed by atoms with Gasteiger partial charge in [-0.1, -0.05) is 24.3 Å². The van der Waals surface area contributed by atoms with E-state index < -0.39 is 0 Å². The highest BCUT2D eigenvalue weighted by Gasteiger charge is 2.28. The van der Waals surface area contributed by atoms with Crippen LogP contribution >= 0.6 is 12.2 Å². The van der Waals surface area contributed by atoms with Crippen LogP contribution in [0.5, 0.6) is 0 Å². The third-order valence-corrected chi connectivity index (χ3v) is 2.60. The topological polar surface area (TPSA) is 48.6 Å². The van der Waals surface area contributed by atoms with E-state index in [1.54, 1.807) is 0 Å². The van der Waals surface area contributed by atoms with Crippen LogP contribution in [0.3, 0.4) is 0 Å². The first-order chi connectivity index (χ1) is 6.77. The van der Waals surface area contributed by atoms with Gasteiger partial charge in [-0.2, -0.15) is 0 Å². The second-order valence-electron chi connectivity index (χ2n) is 3.20. The number of H-pyrrole nitrogens is 2. The Hall–Kier alpha value is -1.68. The number of carbonyl (C=O) groups is 1. The van der Waals surface area contributed by atoms with Crippen molar-refractivity contribution in [3.05, 3.63) is 40.3 Å². The molecule has 0 atom stereocenters. The summed E-state index contributed by atoms with van der Waals surface area (Å²) in [5, 5.41) is 0. The number of hydrogen-bond donors (Lipinski definition) is 2. The molecular weight excluding hydrogens is 196 g/mol. The standard InChI is InChI=1S/C10H6N2OS/c13-9-6-4-2-1-3-5(6)7-8(9)12-10(14)11-7/h1-4H,(H2,11,12,14). The summed E-state index contributed by atoms with van der Waals surface area (Å²) in [5.41, 5.74) is 3.06. The quantitative estimate of drug-likeness (QED) is 0.549. The Morgan fingerprint density at radius 2 is 1.64 bits per heavy atom. The van der Waals surface area contributed by atoms with Crippen molar-refractivity contribution in [1.82, 2.24) is 9.97 Å². The molecule has 0 amide bonds. The molecule has 0 aliphatic heterocycles. The van der Waals surface area contributed by atoms with E-state index in [-0.39, 0.29) is 5.78 Å². The highest BCUT2D eigenvalue weighted by Crippen LogP contribution is 2.33. The second-order valence-corrected chi connectivity index (χ2v) is 3.61. The molecule has 1 aliphatic carbocycles. The van der Waals surface area contributed by atoms with Crippen molar-refractivity contribution in [2.24, 2.45) is 0 Å². The molecule has 0 fully saturated rings. The molecule has 68 valence electrons. The molecule has 3 nitrogen and oxygen atoms in total. The van der Waals surface area contributed by atoms with E-state index in [0.29, 0.717) is 10.5 Å². The van der Waals surface area contributed by atoms with Crippen molar-refractivity contribution in [3.8, 4) is 11.3 Å². The van der Waals surface area contributed by atoms with Gasteiger partial charge in [0, 0.05) is 11.1 Å². The smallest absolute Gasteiger partial charge is 0.212 e. The Kier molecular flexibility index (Phi) is 1.33. The summed E-state index contributed by atoms with van der Waals surface area (Å²) in [5.74, 6) is 0.0166. The lowest BCUT2D eigenvalue weighted by Crippen LogP contribution is -1.95. The molecule has 0 spiro atoms. The fourth-order valence-electron chi connectivity index (χ4n) is 1.79. The SMILES string of the molecule is O=C1c2ccccc2-c2[nH]c(=S)[nH]c21. The number of imidazole rings is 1. The molecule has 14 heavy (non-hydrogen) atoms. The van der Waals surface area contributed by atoms with Crippen LogP contribution in [0.15, 0.2) is 24.3 Å². The van der Waals surface area contributed by atoms with Gasteiger partial charge in [-0.25, -0.2) is 0 Å². The average Bonchev–Trinajstić information content (AvgIpc) is 2.68. The van der Waals surface area contributed by atoms with Gasteiger partial charge in [-0.05, 0) is 12.2 Å². The van der Waals surface area contributed by atoms with E-state index in [9.17, 15) is 4.79 Å². The average molecular weight is 202 g/mol. The largest absolute Gasteiger partial charge is 0.330 e. The second kappa shape index (κ2) is 2.42. The summed E-state index contributed by atoms with van der Waals surface area (Å²) >= 11 is 4.94. The number of nitrogens with one attached hydrogen (secondary N) is 2. The zero-order chi connectivity index (χ0) is 9.71. The molecule has 2 N–H and O–H groups in total. The third kappa shape index (κ3) is 0.807. The number of ketones is 1. The summed E-state index contributed by atoms with van der Waals surface area (Å²) in [6.45, 7) is 0. The number of fused-ring (bicyclic) bond motifs is 3. The van der Waals surface area contributed by atoms with Crippen molar-refractivity contribution < 1.29 is 4.79 Å². The number of benzene rings is 1. The van der Waals surface area contributed by atoms with Gasteiger partial charge < -0.3 is 9.97 Å². The highest BCUT2D eigenvalue weighted by atomic mass is 32.1. The van der Waals surface area contributed by atoms with Crippen LogP contribution in [0, 0.1) is 4.77 Å². The molecule has 0 unspecified atom stereocenters. The minimum Gasteiger partial charge on any atom is -0.330 e. The van der Waals surface area contributed by atoms with E-state index in [4.69, 9.17) is 12.2 Å². The molecule has 1 aromatic heterocycles. The van der Waals surface area contributed by atoms with Crippen molar-refractivity contribution in [1.29, 1.82) is 0 Å². The predicted molar refractivity (Wildman–Crippen MR) is 54.8 cm³/mol. The van der Waals surface area contributed by atoms with Gasteiger partial charge in [-0.3, -0.25) is 4.79 Å². The summed E-state index contributed by atoms with van der Waals surface area (Å²) < 4.78 is 0.498. The first-order valence-electron chi connectivity index (χ1n) is 4.24. The first kappa shape index (κ1) is 7.70. The maximum Gasteiger partial charge on any atom is 0.212 e. The molecular formula is C10H6N2OS. The monoisotopic (exact) mass is 202 g/mol. The summed E-state index contributed by atoms with van der Waals surface area (Å²) in [7, 11) is 0. The fraction of sp³-hybridized carbons (Fsp3) is 0. The lowest BCUT2D eigenvalue weighted by atomic mass is 10.1. The Morgan fingerprint density at radius 1 is 1.00 bits per heavy atom. The lowest BCUT2D eigenvalue weighted by Gasteiger charge is -1.94. The molecule has 1 aliphatic rings. The molecule has 0 bridgehead atoms. The van der Waals surface area contributed by atoms with Gasteiger partial charge in [0.2, 0.25) is 5.78 Å². The van der Waals surface area contributed by atoms with Gasteiger partial charge in [0.15, 0.2) is 4.77 Å². The van der Waals surface area contributed by atoms with Crippen LogP contribution in [0.25, 0.3) is 11.3 Å². The zero-order valence-electron chi connectivity index (χ0n) is 7.13. The number of rotatable bonds is 0. The number of hydrogen-bond acceptors (Lipinski definition) is 2. The van der Waals surface area contributed by atoms with E-state index in [1.807, 2.05) is 24.3 Å². The third-order valence-electron chi connectivity index (χ3n) is 2.40. The van der Waals surface area contributed by atoms with Crippen LogP contribution in [0.4, 0.5) is 0 Å². The lowest BCUT2D eigenvalue weighted by molar-refractivity contribution is 0.103. The number of aromatic amines is 2. The van der Waals surface area contributed by atoms with Crippen molar-refractivity contribution in [2.75, 3.05) is 0 Å². The first-order valence-corrected chi connectivity index (χ1v) is 4.64. The molecule has 1 heterocycles. The van der Waals surface area contributed by atoms with Crippen LogP contribution < -0.4 is 0 Å². The fourth-order valence-corrected chi connectivity index (χ4v) is 1.99. The molecule has 3 rings (SSSR count). The summed E-state index contributed by atoms with van der Waals surface area (Å²) in [6, 6.07) is 7.50. The molecule has 1 aromatic carbocycles. The van der Waals surface area contributed by atoms with Crippen LogP contribution in [0.1, 0.15) is 16.1 Å². The van der Waals surface area contributed by atoms with Gasteiger partial charge >= 0.3 is 0 Å². The van der Waals surface area contributed by atoms with E-state index in [1.165, 1.54) is 0 Å². The summed E-state index contributed by atoms with van der Waals surface area (Å²) in [4.78, 5) is 17.6. The van der Waals surface area contributed by atoms with Crippen molar-refractivity contribution >= 4 is 18.0 Å². The Labute approximate surface area is 84.8 Å². The van der Waals surface area contributed by atoms with Gasteiger partial charge in [0.1, 0.15) is 5.69 Å². The Balaban J connectivity index is 2.45. The molecule has 2 aromatic rings. The van der Waals surface area contributed by atoms with Crippen LogP contribution in [-0.4, -0.2) is 15.8 Å². The van der Waals surface area contributed by atoms with E-state index in [0.717, 1.165) is 16.8 Å². The number of aromatic nitrogens is 2. The van der Waals surface area contributed by atoms with Crippen LogP contribution in [-0.2, 0) is 0 Å². The minimum absolute atomic E-state index is 0.0166.